The molecule has 2 aliphatic heterocycles. The van der Waals surface area contributed by atoms with Gasteiger partial charge in [0, 0.05) is 37.5 Å². The highest BCUT2D eigenvalue weighted by molar-refractivity contribution is 5.69. The quantitative estimate of drug-likeness (QED) is 0.314. The van der Waals surface area contributed by atoms with Gasteiger partial charge < -0.3 is 9.64 Å². The Kier molecular flexibility index (Phi) is 9.51. The molecule has 0 bridgehead atoms. The molecule has 0 amide bonds. The van der Waals surface area contributed by atoms with Crippen LogP contribution >= 0.6 is 0 Å². The van der Waals surface area contributed by atoms with Crippen molar-refractivity contribution in [2.75, 3.05) is 18.0 Å². The fraction of sp³-hybridized carbons (Fsp3) is 0.593. The Morgan fingerprint density at radius 1 is 1.19 bits per heavy atom. The van der Waals surface area contributed by atoms with Crippen LogP contribution in [0, 0.1) is 5.92 Å². The Labute approximate surface area is 193 Å². The largest absolute Gasteiger partial charge is 0.457 e. The molecule has 1 aromatic rings. The van der Waals surface area contributed by atoms with Crippen LogP contribution in [0.1, 0.15) is 83.7 Å². The molecule has 1 unspecified atom stereocenters. The minimum atomic E-state index is -0.223. The van der Waals surface area contributed by atoms with Gasteiger partial charge in [0.25, 0.3) is 0 Å². The zero-order valence-electron chi connectivity index (χ0n) is 20.0. The lowest BCUT2D eigenvalue weighted by atomic mass is 9.96. The van der Waals surface area contributed by atoms with E-state index >= 15 is 0 Å². The highest BCUT2D eigenvalue weighted by atomic mass is 16.5. The van der Waals surface area contributed by atoms with Gasteiger partial charge in [-0.1, -0.05) is 57.1 Å². The average molecular weight is 438 g/mol. The van der Waals surface area contributed by atoms with E-state index in [9.17, 15) is 4.79 Å². The molecule has 0 aromatic carbocycles. The van der Waals surface area contributed by atoms with Crippen molar-refractivity contribution in [3.05, 3.63) is 53.9 Å². The number of nitrogens with zero attached hydrogens (tertiary/aromatic N) is 3. The van der Waals surface area contributed by atoms with E-state index in [-0.39, 0.29) is 23.9 Å². The van der Waals surface area contributed by atoms with Gasteiger partial charge in [0.05, 0.1) is 5.69 Å². The molecule has 3 heterocycles. The van der Waals surface area contributed by atoms with Crippen LogP contribution in [0.25, 0.3) is 0 Å². The van der Waals surface area contributed by atoms with E-state index < -0.39 is 0 Å². The summed E-state index contributed by atoms with van der Waals surface area (Å²) in [6, 6.07) is 1.99. The maximum absolute atomic E-state index is 12.4. The normalized spacial score (nSPS) is 25.8. The molecule has 0 N–H and O–H groups in total. The third kappa shape index (κ3) is 7.32. The SMILES string of the molecule is C/C(=C\C=C\C(C)c1ccnc(N2CCCC2)n1)[C@H]1OC(=O)CCCCCC/C=C/[C@@H]1C. The first-order valence-electron chi connectivity index (χ1n) is 12.3. The maximum Gasteiger partial charge on any atom is 0.306 e. The first-order chi connectivity index (χ1) is 15.5. The first-order valence-corrected chi connectivity index (χ1v) is 12.3. The van der Waals surface area contributed by atoms with E-state index in [0.717, 1.165) is 49.6 Å². The fourth-order valence-electron chi connectivity index (χ4n) is 4.36. The minimum absolute atomic E-state index is 0.0867. The molecule has 32 heavy (non-hydrogen) atoms. The van der Waals surface area contributed by atoms with E-state index in [1.165, 1.54) is 25.7 Å². The van der Waals surface area contributed by atoms with Crippen LogP contribution < -0.4 is 4.90 Å². The lowest BCUT2D eigenvalue weighted by Crippen LogP contribution is -2.25. The summed E-state index contributed by atoms with van der Waals surface area (Å²) >= 11 is 0. The van der Waals surface area contributed by atoms with Crippen molar-refractivity contribution in [3.8, 4) is 0 Å². The number of ether oxygens (including phenoxy) is 1. The molecular formula is C27H39N3O2. The van der Waals surface area contributed by atoms with Gasteiger partial charge in [-0.2, -0.15) is 0 Å². The minimum Gasteiger partial charge on any atom is -0.457 e. The standard InChI is InChI=1S/C27H39N3O2/c1-21(24-17-18-28-27(29-24)30-19-10-11-20-30)14-12-15-23(3)26-22(2)13-8-6-4-5-7-9-16-25(31)32-26/h8,12-15,17-18,21-22,26H,4-7,9-11,16,19-20H2,1-3H3/b13-8+,14-12+,23-15+/t21?,22-,26-/m0/s1. The second-order valence-corrected chi connectivity index (χ2v) is 9.21. The molecular weight excluding hydrogens is 398 g/mol. The molecule has 0 aliphatic carbocycles. The van der Waals surface area contributed by atoms with Crippen LogP contribution in [-0.4, -0.2) is 35.1 Å². The number of allylic oxidation sites excluding steroid dienone is 4. The van der Waals surface area contributed by atoms with Crippen molar-refractivity contribution in [1.82, 2.24) is 9.97 Å². The van der Waals surface area contributed by atoms with E-state index in [1.54, 1.807) is 0 Å². The van der Waals surface area contributed by atoms with Crippen LogP contribution in [0.4, 0.5) is 5.95 Å². The summed E-state index contributed by atoms with van der Waals surface area (Å²) in [6.45, 7) is 8.42. The lowest BCUT2D eigenvalue weighted by Gasteiger charge is -2.23. The van der Waals surface area contributed by atoms with E-state index in [2.05, 4.69) is 61.0 Å². The fourth-order valence-corrected chi connectivity index (χ4v) is 4.36. The summed E-state index contributed by atoms with van der Waals surface area (Å²) in [6.07, 6.45) is 20.8. The second-order valence-electron chi connectivity index (χ2n) is 9.21. The Morgan fingerprint density at radius 2 is 1.97 bits per heavy atom. The van der Waals surface area contributed by atoms with Gasteiger partial charge in [0.15, 0.2) is 0 Å². The zero-order valence-corrected chi connectivity index (χ0v) is 20.0. The summed E-state index contributed by atoms with van der Waals surface area (Å²) in [5.41, 5.74) is 2.09. The second kappa shape index (κ2) is 12.6. The summed E-state index contributed by atoms with van der Waals surface area (Å²) in [7, 11) is 0. The first kappa shape index (κ1) is 24.2. The number of anilines is 1. The molecule has 0 spiro atoms. The molecule has 3 atom stereocenters. The molecule has 174 valence electrons. The Balaban J connectivity index is 1.67. The number of rotatable bonds is 5. The van der Waals surface area contributed by atoms with Crippen LogP contribution in [-0.2, 0) is 9.53 Å². The highest BCUT2D eigenvalue weighted by Gasteiger charge is 2.21. The van der Waals surface area contributed by atoms with E-state index in [0.29, 0.717) is 6.42 Å². The van der Waals surface area contributed by atoms with Gasteiger partial charge in [-0.3, -0.25) is 4.79 Å². The summed E-state index contributed by atoms with van der Waals surface area (Å²) in [5.74, 6) is 1.09. The smallest absolute Gasteiger partial charge is 0.306 e. The zero-order chi connectivity index (χ0) is 22.8. The number of aromatic nitrogens is 2. The van der Waals surface area contributed by atoms with Crippen molar-refractivity contribution in [1.29, 1.82) is 0 Å². The lowest BCUT2D eigenvalue weighted by molar-refractivity contribution is -0.148. The molecule has 0 radical (unpaired) electrons. The highest BCUT2D eigenvalue weighted by Crippen LogP contribution is 2.23. The topological polar surface area (TPSA) is 55.3 Å². The monoisotopic (exact) mass is 437 g/mol. The Hall–Kier alpha value is -2.43. The van der Waals surface area contributed by atoms with Crippen LogP contribution in [0.2, 0.25) is 0 Å². The van der Waals surface area contributed by atoms with Crippen molar-refractivity contribution < 1.29 is 9.53 Å². The third-order valence-electron chi connectivity index (χ3n) is 6.40. The molecule has 0 saturated carbocycles. The Morgan fingerprint density at radius 3 is 2.78 bits per heavy atom. The van der Waals surface area contributed by atoms with Gasteiger partial charge in [0.2, 0.25) is 5.95 Å². The van der Waals surface area contributed by atoms with Crippen molar-refractivity contribution in [2.45, 2.75) is 84.2 Å². The molecule has 5 nitrogen and oxygen atoms in total. The summed E-state index contributed by atoms with van der Waals surface area (Å²) in [4.78, 5) is 23.9. The third-order valence-corrected chi connectivity index (χ3v) is 6.40. The van der Waals surface area contributed by atoms with Crippen LogP contribution in [0.5, 0.6) is 0 Å². The molecule has 1 saturated heterocycles. The molecule has 3 rings (SSSR count). The number of carbonyl (C=O) groups is 1. The van der Waals surface area contributed by atoms with Crippen molar-refractivity contribution >= 4 is 11.9 Å². The van der Waals surface area contributed by atoms with Crippen molar-refractivity contribution in [3.63, 3.8) is 0 Å². The number of hydrogen-bond acceptors (Lipinski definition) is 5. The number of carbonyl (C=O) groups excluding carboxylic acids is 1. The maximum atomic E-state index is 12.4. The van der Waals surface area contributed by atoms with Gasteiger partial charge in [-0.15, -0.1) is 0 Å². The predicted molar refractivity (Wildman–Crippen MR) is 131 cm³/mol. The molecule has 5 heteroatoms. The van der Waals surface area contributed by atoms with Gasteiger partial charge in [0.1, 0.15) is 6.10 Å². The van der Waals surface area contributed by atoms with E-state index in [4.69, 9.17) is 9.72 Å². The Bertz CT molecular complexity index is 824. The molecule has 2 aliphatic rings. The predicted octanol–water partition coefficient (Wildman–Crippen LogP) is 6.14. The van der Waals surface area contributed by atoms with E-state index in [1.807, 2.05) is 12.3 Å². The van der Waals surface area contributed by atoms with Crippen LogP contribution in [0.3, 0.4) is 0 Å². The number of esters is 1. The van der Waals surface area contributed by atoms with Crippen LogP contribution in [0.15, 0.2) is 48.2 Å². The molecule has 1 aromatic heterocycles. The molecule has 1 fully saturated rings. The van der Waals surface area contributed by atoms with Gasteiger partial charge in [-0.25, -0.2) is 9.97 Å². The average Bonchev–Trinajstić information content (AvgIpc) is 3.33. The van der Waals surface area contributed by atoms with Gasteiger partial charge in [-0.05, 0) is 50.7 Å². The van der Waals surface area contributed by atoms with Crippen molar-refractivity contribution in [2.24, 2.45) is 5.92 Å². The van der Waals surface area contributed by atoms with Gasteiger partial charge >= 0.3 is 5.97 Å². The summed E-state index contributed by atoms with van der Waals surface area (Å²) in [5, 5.41) is 0. The summed E-state index contributed by atoms with van der Waals surface area (Å²) < 4.78 is 5.89. The number of hydrogen-bond donors (Lipinski definition) is 0. The number of cyclic esters (lactones) is 1.